The number of rotatable bonds is 5. The highest BCUT2D eigenvalue weighted by atomic mass is 16.5. The van der Waals surface area contributed by atoms with E-state index in [9.17, 15) is 5.11 Å². The van der Waals surface area contributed by atoms with Crippen molar-refractivity contribution in [3.05, 3.63) is 24.0 Å². The Labute approximate surface area is 193 Å². The summed E-state index contributed by atoms with van der Waals surface area (Å²) in [5.74, 6) is 4.72. The molecule has 10 atom stereocenters. The number of aliphatic hydroxyl groups excluding tert-OH is 1. The Morgan fingerprint density at radius 3 is 2.75 bits per heavy atom. The highest BCUT2D eigenvalue weighted by molar-refractivity contribution is 5.30. The Bertz CT molecular complexity index is 889. The van der Waals surface area contributed by atoms with E-state index in [1.807, 2.05) is 13.2 Å². The van der Waals surface area contributed by atoms with Crippen molar-refractivity contribution < 1.29 is 14.6 Å². The van der Waals surface area contributed by atoms with Gasteiger partial charge in [0.1, 0.15) is 5.75 Å². The van der Waals surface area contributed by atoms with Gasteiger partial charge >= 0.3 is 0 Å². The average Bonchev–Trinajstić information content (AvgIpc) is 3.30. The second kappa shape index (κ2) is 7.18. The van der Waals surface area contributed by atoms with Gasteiger partial charge in [-0.1, -0.05) is 13.8 Å². The number of fused-ring (bicyclic) bond motifs is 4. The summed E-state index contributed by atoms with van der Waals surface area (Å²) in [5, 5.41) is 9.72. The Kier molecular flexibility index (Phi) is 4.81. The van der Waals surface area contributed by atoms with Crippen molar-refractivity contribution in [1.29, 1.82) is 0 Å². The van der Waals surface area contributed by atoms with Crippen molar-refractivity contribution in [2.75, 3.05) is 7.11 Å². The van der Waals surface area contributed by atoms with Crippen LogP contribution in [-0.2, 0) is 11.3 Å². The van der Waals surface area contributed by atoms with Gasteiger partial charge in [-0.3, -0.25) is 4.98 Å². The number of aliphatic hydroxyl groups is 1. The van der Waals surface area contributed by atoms with Crippen molar-refractivity contribution >= 4 is 0 Å². The first-order chi connectivity index (χ1) is 15.4. The Hall–Kier alpha value is -1.13. The van der Waals surface area contributed by atoms with Crippen molar-refractivity contribution in [2.45, 2.75) is 91.0 Å². The number of pyridine rings is 1. The standard InChI is InChI=1S/C28H41NO3/c1-17(32-24-15-29-12-9-18(24)16-30)21-5-6-22-20-13-25(31-4)28-14-19(28)7-11-27(28,3)23(20)8-10-26(21,22)2/h9,12,15,17,19-23,25,30H,5-8,10-11,13-14,16H2,1-4H3/t17-,19+,20-,21+,22-,23-,25?,26+,27+,28?/m0/s1. The van der Waals surface area contributed by atoms with E-state index in [1.165, 1.54) is 51.4 Å². The monoisotopic (exact) mass is 439 g/mol. The molecule has 0 bridgehead atoms. The average molecular weight is 440 g/mol. The first-order valence-corrected chi connectivity index (χ1v) is 13.1. The molecule has 176 valence electrons. The molecule has 0 aromatic carbocycles. The Balaban J connectivity index is 1.26. The summed E-state index contributed by atoms with van der Waals surface area (Å²) in [4.78, 5) is 4.24. The number of hydrogen-bond donors (Lipinski definition) is 1. The molecule has 1 aromatic rings. The van der Waals surface area contributed by atoms with Gasteiger partial charge in [-0.15, -0.1) is 0 Å². The summed E-state index contributed by atoms with van der Waals surface area (Å²) in [6.45, 7) is 7.48. The minimum absolute atomic E-state index is 0.00137. The third-order valence-corrected chi connectivity index (χ3v) is 11.8. The second-order valence-electron chi connectivity index (χ2n) is 12.4. The quantitative estimate of drug-likeness (QED) is 0.646. The molecule has 1 heterocycles. The molecular formula is C28H41NO3. The molecule has 1 N–H and O–H groups in total. The summed E-state index contributed by atoms with van der Waals surface area (Å²) >= 11 is 0. The van der Waals surface area contributed by atoms with Crippen molar-refractivity contribution in [3.8, 4) is 5.75 Å². The van der Waals surface area contributed by atoms with Crippen LogP contribution in [0.5, 0.6) is 5.75 Å². The van der Waals surface area contributed by atoms with Gasteiger partial charge in [0.25, 0.3) is 0 Å². The van der Waals surface area contributed by atoms with Gasteiger partial charge < -0.3 is 14.6 Å². The van der Waals surface area contributed by atoms with Crippen molar-refractivity contribution in [1.82, 2.24) is 4.98 Å². The normalized spacial score (nSPS) is 49.5. The predicted molar refractivity (Wildman–Crippen MR) is 124 cm³/mol. The minimum Gasteiger partial charge on any atom is -0.488 e. The van der Waals surface area contributed by atoms with Gasteiger partial charge in [0.05, 0.1) is 25.0 Å². The van der Waals surface area contributed by atoms with E-state index >= 15 is 0 Å². The fourth-order valence-electron chi connectivity index (χ4n) is 10.3. The SMILES string of the molecule is COC1C[C@H]2[C@@H]3CC[C@H]([C@H](C)Oc4cnccc4CO)[C@@]3(C)CC[C@@H]2[C@@]2(C)CC[C@@H]3CC132. The maximum absolute atomic E-state index is 9.72. The molecule has 4 nitrogen and oxygen atoms in total. The molecule has 0 radical (unpaired) electrons. The predicted octanol–water partition coefficient (Wildman–Crippen LogP) is 5.63. The lowest BCUT2D eigenvalue weighted by molar-refractivity contribution is -0.162. The molecule has 4 heteroatoms. The van der Waals surface area contributed by atoms with Gasteiger partial charge in [-0.25, -0.2) is 0 Å². The molecule has 6 rings (SSSR count). The van der Waals surface area contributed by atoms with E-state index in [1.54, 1.807) is 12.4 Å². The zero-order chi connectivity index (χ0) is 22.3. The smallest absolute Gasteiger partial charge is 0.143 e. The molecule has 5 fully saturated rings. The minimum atomic E-state index is -0.00137. The highest BCUT2D eigenvalue weighted by Gasteiger charge is 2.77. The molecule has 2 unspecified atom stereocenters. The van der Waals surface area contributed by atoms with Crippen molar-refractivity contribution in [2.24, 2.45) is 45.8 Å². The zero-order valence-electron chi connectivity index (χ0n) is 20.3. The van der Waals surface area contributed by atoms with Gasteiger partial charge in [-0.2, -0.15) is 0 Å². The van der Waals surface area contributed by atoms with E-state index in [4.69, 9.17) is 9.47 Å². The van der Waals surface area contributed by atoms with E-state index in [0.29, 0.717) is 28.3 Å². The molecule has 0 amide bonds. The van der Waals surface area contributed by atoms with E-state index in [0.717, 1.165) is 35.0 Å². The number of aromatic nitrogens is 1. The Morgan fingerprint density at radius 2 is 2.00 bits per heavy atom. The van der Waals surface area contributed by atoms with Gasteiger partial charge in [-0.05, 0) is 98.9 Å². The summed E-state index contributed by atoms with van der Waals surface area (Å²) < 4.78 is 12.7. The van der Waals surface area contributed by atoms with Crippen molar-refractivity contribution in [3.63, 3.8) is 0 Å². The number of hydrogen-bond acceptors (Lipinski definition) is 4. The lowest BCUT2D eigenvalue weighted by atomic mass is 9.45. The van der Waals surface area contributed by atoms with Crippen LogP contribution in [0.4, 0.5) is 0 Å². The van der Waals surface area contributed by atoms with Gasteiger partial charge in [0.15, 0.2) is 0 Å². The van der Waals surface area contributed by atoms with Crippen LogP contribution < -0.4 is 4.74 Å². The fraction of sp³-hybridized carbons (Fsp3) is 0.821. The topological polar surface area (TPSA) is 51.6 Å². The van der Waals surface area contributed by atoms with Crippen LogP contribution in [0.2, 0.25) is 0 Å². The second-order valence-corrected chi connectivity index (χ2v) is 12.4. The number of methoxy groups -OCH3 is 1. The molecule has 0 aliphatic heterocycles. The maximum Gasteiger partial charge on any atom is 0.143 e. The number of nitrogens with zero attached hydrogens (tertiary/aromatic N) is 1. The van der Waals surface area contributed by atoms with Crippen LogP contribution in [0.25, 0.3) is 0 Å². The highest BCUT2D eigenvalue weighted by Crippen LogP contribution is 2.82. The van der Waals surface area contributed by atoms with Crippen LogP contribution >= 0.6 is 0 Å². The van der Waals surface area contributed by atoms with Crippen LogP contribution in [0.3, 0.4) is 0 Å². The maximum atomic E-state index is 9.72. The van der Waals surface area contributed by atoms with E-state index in [-0.39, 0.29) is 12.7 Å². The molecular weight excluding hydrogens is 398 g/mol. The molecule has 5 aliphatic rings. The molecule has 1 aromatic heterocycles. The first-order valence-electron chi connectivity index (χ1n) is 13.1. The van der Waals surface area contributed by atoms with Gasteiger partial charge in [0, 0.05) is 30.2 Å². The lowest BCUT2D eigenvalue weighted by Gasteiger charge is -2.61. The molecule has 1 spiro atoms. The first kappa shape index (κ1) is 21.4. The van der Waals surface area contributed by atoms with Crippen LogP contribution in [0.15, 0.2) is 18.5 Å². The van der Waals surface area contributed by atoms with Gasteiger partial charge in [0.2, 0.25) is 0 Å². The van der Waals surface area contributed by atoms with Crippen LogP contribution in [0.1, 0.15) is 77.7 Å². The summed E-state index contributed by atoms with van der Waals surface area (Å²) in [6, 6.07) is 1.86. The fourth-order valence-corrected chi connectivity index (χ4v) is 10.3. The zero-order valence-corrected chi connectivity index (χ0v) is 20.3. The third kappa shape index (κ3) is 2.60. The Morgan fingerprint density at radius 1 is 1.16 bits per heavy atom. The molecule has 5 aliphatic carbocycles. The van der Waals surface area contributed by atoms with E-state index in [2.05, 4.69) is 25.8 Å². The summed E-state index contributed by atoms with van der Waals surface area (Å²) in [7, 11) is 1.98. The van der Waals surface area contributed by atoms with E-state index < -0.39 is 0 Å². The summed E-state index contributed by atoms with van der Waals surface area (Å²) in [6.07, 6.45) is 15.0. The number of ether oxygens (including phenoxy) is 2. The molecule has 5 saturated carbocycles. The lowest BCUT2D eigenvalue weighted by Crippen LogP contribution is -2.57. The summed E-state index contributed by atoms with van der Waals surface area (Å²) in [5.41, 5.74) is 2.17. The van der Waals surface area contributed by atoms with Crippen LogP contribution in [-0.4, -0.2) is 29.4 Å². The molecule has 32 heavy (non-hydrogen) atoms. The third-order valence-electron chi connectivity index (χ3n) is 11.8. The largest absolute Gasteiger partial charge is 0.488 e. The molecule has 0 saturated heterocycles. The van der Waals surface area contributed by atoms with Crippen LogP contribution in [0, 0.1) is 45.8 Å².